The predicted octanol–water partition coefficient (Wildman–Crippen LogP) is 4.42. The topological polar surface area (TPSA) is 83.0 Å². The van der Waals surface area contributed by atoms with Crippen LogP contribution < -0.4 is 20.4 Å². The van der Waals surface area contributed by atoms with Crippen LogP contribution in [0.1, 0.15) is 43.6 Å². The van der Waals surface area contributed by atoms with Crippen molar-refractivity contribution in [3.05, 3.63) is 59.0 Å². The van der Waals surface area contributed by atoms with Gasteiger partial charge in [0.2, 0.25) is 0 Å². The summed E-state index contributed by atoms with van der Waals surface area (Å²) in [5, 5.41) is 10.00. The average Bonchev–Trinajstić information content (AvgIpc) is 3.27. The van der Waals surface area contributed by atoms with Crippen molar-refractivity contribution >= 4 is 44.6 Å². The Kier molecular flexibility index (Phi) is 8.43. The number of carbonyl (C=O) groups excluding carboxylic acids is 2. The molecule has 3 rings (SSSR count). The summed E-state index contributed by atoms with van der Waals surface area (Å²) < 4.78 is 6.88. The number of rotatable bonds is 10. The van der Waals surface area contributed by atoms with Crippen LogP contribution in [-0.4, -0.2) is 43.8 Å². The van der Waals surface area contributed by atoms with Crippen LogP contribution in [0.5, 0.6) is 5.75 Å². The van der Waals surface area contributed by atoms with Gasteiger partial charge in [-0.3, -0.25) is 9.59 Å². The number of hydrazone groups is 1. The number of carbonyl (C=O) groups is 2. The monoisotopic (exact) mass is 466 g/mol. The lowest BCUT2D eigenvalue weighted by Gasteiger charge is -2.24. The van der Waals surface area contributed by atoms with Crippen LogP contribution in [0.15, 0.2) is 52.9 Å². The maximum Gasteiger partial charge on any atom is 0.259 e. The highest BCUT2D eigenvalue weighted by molar-refractivity contribution is 7.17. The number of nitrogens with one attached hydrogen (secondary N) is 2. The molecule has 3 aromatic rings. The van der Waals surface area contributed by atoms with Crippen LogP contribution in [0.4, 0.5) is 5.69 Å². The third kappa shape index (κ3) is 5.90. The summed E-state index contributed by atoms with van der Waals surface area (Å²) in [6, 6.07) is 13.4. The largest absolute Gasteiger partial charge is 0.492 e. The second-order valence-electron chi connectivity index (χ2n) is 7.35. The zero-order valence-corrected chi connectivity index (χ0v) is 20.3. The summed E-state index contributed by atoms with van der Waals surface area (Å²) >= 11 is 1.64. The van der Waals surface area contributed by atoms with Crippen LogP contribution >= 0.6 is 11.3 Å². The van der Waals surface area contributed by atoms with E-state index in [4.69, 9.17) is 4.74 Å². The average molecular weight is 467 g/mol. The number of anilines is 1. The molecule has 0 spiro atoms. The van der Waals surface area contributed by atoms with Gasteiger partial charge >= 0.3 is 0 Å². The highest BCUT2D eigenvalue weighted by Crippen LogP contribution is 2.30. The normalized spacial score (nSPS) is 11.3. The van der Waals surface area contributed by atoms with E-state index in [1.165, 1.54) is 4.70 Å². The van der Waals surface area contributed by atoms with Gasteiger partial charge in [0.05, 0.1) is 24.6 Å². The second-order valence-corrected chi connectivity index (χ2v) is 8.26. The van der Waals surface area contributed by atoms with E-state index >= 15 is 0 Å². The molecule has 2 aromatic carbocycles. The van der Waals surface area contributed by atoms with Crippen LogP contribution in [0.3, 0.4) is 0 Å². The zero-order valence-electron chi connectivity index (χ0n) is 19.5. The van der Waals surface area contributed by atoms with E-state index in [9.17, 15) is 9.59 Å². The van der Waals surface area contributed by atoms with E-state index in [1.54, 1.807) is 29.5 Å². The van der Waals surface area contributed by atoms with Gasteiger partial charge in [0.15, 0.2) is 0 Å². The summed E-state index contributed by atoms with van der Waals surface area (Å²) in [6.07, 6.45) is 0. The van der Waals surface area contributed by atoms with Crippen LogP contribution in [0, 0.1) is 0 Å². The summed E-state index contributed by atoms with van der Waals surface area (Å²) in [4.78, 5) is 27.0. The molecule has 2 amide bonds. The first kappa shape index (κ1) is 24.3. The van der Waals surface area contributed by atoms with Gasteiger partial charge in [0, 0.05) is 39.7 Å². The SMILES string of the molecule is CCOc1ccc(C(=O)NCC(=O)NN=C(C)c2csc3ccccc23)cc1N(CC)CC. The van der Waals surface area contributed by atoms with Gasteiger partial charge in [-0.05, 0) is 52.0 Å². The van der Waals surface area contributed by atoms with Gasteiger partial charge in [-0.1, -0.05) is 18.2 Å². The van der Waals surface area contributed by atoms with Gasteiger partial charge in [-0.15, -0.1) is 11.3 Å². The molecule has 0 bridgehead atoms. The zero-order chi connectivity index (χ0) is 23.8. The smallest absolute Gasteiger partial charge is 0.259 e. The number of hydrogen-bond donors (Lipinski definition) is 2. The molecule has 1 heterocycles. The molecule has 0 unspecified atom stereocenters. The Morgan fingerprint density at radius 2 is 1.85 bits per heavy atom. The highest BCUT2D eigenvalue weighted by Gasteiger charge is 2.15. The Morgan fingerprint density at radius 1 is 1.09 bits per heavy atom. The quantitative estimate of drug-likeness (QED) is 0.342. The molecule has 2 N–H and O–H groups in total. The van der Waals surface area contributed by atoms with E-state index in [2.05, 4.69) is 40.7 Å². The van der Waals surface area contributed by atoms with Gasteiger partial charge in [-0.25, -0.2) is 5.43 Å². The van der Waals surface area contributed by atoms with Crippen molar-refractivity contribution in [2.45, 2.75) is 27.7 Å². The van der Waals surface area contributed by atoms with Crippen molar-refractivity contribution in [2.75, 3.05) is 31.1 Å². The lowest BCUT2D eigenvalue weighted by atomic mass is 10.1. The molecule has 8 heteroatoms. The molecule has 0 aliphatic heterocycles. The van der Waals surface area contributed by atoms with Crippen molar-refractivity contribution in [3.63, 3.8) is 0 Å². The fraction of sp³-hybridized carbons (Fsp3) is 0.320. The molecule has 0 aliphatic carbocycles. The Hall–Kier alpha value is -3.39. The third-order valence-corrected chi connectivity index (χ3v) is 6.22. The lowest BCUT2D eigenvalue weighted by molar-refractivity contribution is -0.120. The van der Waals surface area contributed by atoms with Gasteiger partial charge in [0.25, 0.3) is 11.8 Å². The van der Waals surface area contributed by atoms with E-state index in [-0.39, 0.29) is 12.5 Å². The van der Waals surface area contributed by atoms with Crippen molar-refractivity contribution in [1.29, 1.82) is 0 Å². The Labute approximate surface area is 198 Å². The fourth-order valence-electron chi connectivity index (χ4n) is 3.51. The van der Waals surface area contributed by atoms with Gasteiger partial charge < -0.3 is 15.0 Å². The molecule has 0 saturated heterocycles. The number of hydrogen-bond acceptors (Lipinski definition) is 6. The molecule has 33 heavy (non-hydrogen) atoms. The molecule has 0 radical (unpaired) electrons. The minimum Gasteiger partial charge on any atom is -0.492 e. The van der Waals surface area contributed by atoms with Crippen molar-refractivity contribution in [3.8, 4) is 5.75 Å². The molecule has 1 aromatic heterocycles. The van der Waals surface area contributed by atoms with Crippen LogP contribution in [0.2, 0.25) is 0 Å². The molecule has 0 aliphatic rings. The number of thiophene rings is 1. The van der Waals surface area contributed by atoms with E-state index in [0.717, 1.165) is 35.5 Å². The number of amides is 2. The minimum atomic E-state index is -0.392. The van der Waals surface area contributed by atoms with E-state index in [0.29, 0.717) is 17.9 Å². The summed E-state index contributed by atoms with van der Waals surface area (Å²) in [5.41, 5.74) is 5.55. The maximum atomic E-state index is 12.7. The van der Waals surface area contributed by atoms with Gasteiger partial charge in [0.1, 0.15) is 5.75 Å². The number of fused-ring (bicyclic) bond motifs is 1. The minimum absolute atomic E-state index is 0.173. The molecule has 0 atom stereocenters. The summed E-state index contributed by atoms with van der Waals surface area (Å²) in [7, 11) is 0. The number of benzene rings is 2. The first-order valence-electron chi connectivity index (χ1n) is 11.1. The molecule has 174 valence electrons. The van der Waals surface area contributed by atoms with E-state index in [1.807, 2.05) is 37.4 Å². The first-order valence-corrected chi connectivity index (χ1v) is 12.0. The van der Waals surface area contributed by atoms with Crippen molar-refractivity contribution in [1.82, 2.24) is 10.7 Å². The standard InChI is InChI=1S/C25H30N4O3S/c1-5-29(6-2)21-14-18(12-13-22(21)32-7-3)25(31)26-15-24(30)28-27-17(4)20-16-33-23-11-9-8-10-19(20)23/h8-14,16H,5-7,15H2,1-4H3,(H,26,31)(H,28,30). The fourth-order valence-corrected chi connectivity index (χ4v) is 4.52. The first-order chi connectivity index (χ1) is 16.0. The molecule has 0 saturated carbocycles. The predicted molar refractivity (Wildman–Crippen MR) is 136 cm³/mol. The number of ether oxygens (including phenoxy) is 1. The van der Waals surface area contributed by atoms with Crippen LogP contribution in [0.25, 0.3) is 10.1 Å². The second kappa shape index (κ2) is 11.5. The highest BCUT2D eigenvalue weighted by atomic mass is 32.1. The molecule has 7 nitrogen and oxygen atoms in total. The molecular weight excluding hydrogens is 436 g/mol. The maximum absolute atomic E-state index is 12.7. The lowest BCUT2D eigenvalue weighted by Crippen LogP contribution is -2.35. The van der Waals surface area contributed by atoms with E-state index < -0.39 is 5.91 Å². The number of nitrogens with zero attached hydrogens (tertiary/aromatic N) is 2. The molecular formula is C25H30N4O3S. The van der Waals surface area contributed by atoms with Crippen molar-refractivity contribution < 1.29 is 14.3 Å². The van der Waals surface area contributed by atoms with Crippen molar-refractivity contribution in [2.24, 2.45) is 5.10 Å². The summed E-state index contributed by atoms with van der Waals surface area (Å²) in [5.74, 6) is 0.0181. The molecule has 0 fully saturated rings. The Balaban J connectivity index is 1.62. The van der Waals surface area contributed by atoms with Gasteiger partial charge in [-0.2, -0.15) is 5.10 Å². The Bertz CT molecular complexity index is 1150. The van der Waals surface area contributed by atoms with Crippen LogP contribution in [-0.2, 0) is 4.79 Å². The third-order valence-electron chi connectivity index (χ3n) is 5.25. The Morgan fingerprint density at radius 3 is 2.58 bits per heavy atom. The summed E-state index contributed by atoms with van der Waals surface area (Å²) in [6.45, 7) is 9.84.